The molecule has 0 fully saturated rings. The minimum Gasteiger partial charge on any atom is -0.496 e. The Morgan fingerprint density at radius 2 is 1.92 bits per heavy atom. The highest BCUT2D eigenvalue weighted by molar-refractivity contribution is 5.33. The molecule has 0 aliphatic heterocycles. The molecule has 1 aromatic rings. The summed E-state index contributed by atoms with van der Waals surface area (Å²) in [5.74, 6) is 0.631. The maximum Gasteiger partial charge on any atom is 0.184 e. The van der Waals surface area contributed by atoms with Gasteiger partial charge in [-0.3, -0.25) is 0 Å². The van der Waals surface area contributed by atoms with Crippen molar-refractivity contribution in [2.24, 2.45) is 0 Å². The second-order valence-electron chi connectivity index (χ2n) is 2.33. The molecule has 0 heterocycles. The zero-order valence-corrected chi connectivity index (χ0v) is 7.15. The van der Waals surface area contributed by atoms with Gasteiger partial charge in [0.2, 0.25) is 0 Å². The maximum absolute atomic E-state index is 9.34. The van der Waals surface area contributed by atoms with Gasteiger partial charge in [0, 0.05) is 12.7 Å². The Kier molecular flexibility index (Phi) is 3.08. The van der Waals surface area contributed by atoms with Gasteiger partial charge in [0.1, 0.15) is 5.75 Å². The lowest BCUT2D eigenvalue weighted by molar-refractivity contribution is -0.0780. The minimum absolute atomic E-state index is 0.631. The van der Waals surface area contributed by atoms with E-state index in [-0.39, 0.29) is 0 Å². The monoisotopic (exact) mass is 168 g/mol. The van der Waals surface area contributed by atoms with Gasteiger partial charge >= 0.3 is 0 Å². The van der Waals surface area contributed by atoms with Crippen LogP contribution in [0.5, 0.6) is 5.75 Å². The Balaban J connectivity index is 2.96. The first kappa shape index (κ1) is 9.03. The molecule has 12 heavy (non-hydrogen) atoms. The fourth-order valence-electron chi connectivity index (χ4n) is 0.997. The van der Waals surface area contributed by atoms with E-state index >= 15 is 0 Å². The average molecular weight is 168 g/mol. The van der Waals surface area contributed by atoms with Crippen LogP contribution in [0.1, 0.15) is 11.9 Å². The molecule has 3 heteroatoms. The molecule has 1 rings (SSSR count). The van der Waals surface area contributed by atoms with Gasteiger partial charge in [-0.05, 0) is 6.07 Å². The summed E-state index contributed by atoms with van der Waals surface area (Å²) in [5.41, 5.74) is 0.641. The smallest absolute Gasteiger partial charge is 0.184 e. The quantitative estimate of drug-likeness (QED) is 0.692. The molecule has 0 bridgehead atoms. The van der Waals surface area contributed by atoms with Gasteiger partial charge in [0.15, 0.2) is 6.29 Å². The molecule has 0 spiro atoms. The summed E-state index contributed by atoms with van der Waals surface area (Å²) in [7, 11) is 3.00. The van der Waals surface area contributed by atoms with E-state index in [4.69, 9.17) is 9.47 Å². The molecular formula is C9H12O3. The zero-order chi connectivity index (χ0) is 8.97. The Labute approximate surface area is 71.5 Å². The molecule has 66 valence electrons. The molecule has 1 N–H and O–H groups in total. The number of ether oxygens (including phenoxy) is 2. The lowest BCUT2D eigenvalue weighted by atomic mass is 10.2. The zero-order valence-electron chi connectivity index (χ0n) is 7.15. The summed E-state index contributed by atoms with van der Waals surface area (Å²) >= 11 is 0. The van der Waals surface area contributed by atoms with Crippen molar-refractivity contribution in [3.63, 3.8) is 0 Å². The highest BCUT2D eigenvalue weighted by Gasteiger charge is 2.10. The Hall–Kier alpha value is -1.06. The number of aliphatic hydroxyl groups excluding tert-OH is 1. The van der Waals surface area contributed by atoms with Crippen LogP contribution in [-0.2, 0) is 4.74 Å². The SMILES string of the molecule is COc1ccccc1C(O)OC. The standard InChI is InChI=1S/C9H12O3/c1-11-8-6-4-3-5-7(8)9(10)12-2/h3-6,9-10H,1-2H3. The molecule has 0 aliphatic carbocycles. The number of rotatable bonds is 3. The van der Waals surface area contributed by atoms with Crippen molar-refractivity contribution < 1.29 is 14.6 Å². The normalized spacial score (nSPS) is 12.6. The van der Waals surface area contributed by atoms with Crippen LogP contribution in [0.2, 0.25) is 0 Å². The Bertz CT molecular complexity index is 247. The van der Waals surface area contributed by atoms with E-state index in [1.165, 1.54) is 7.11 Å². The Morgan fingerprint density at radius 3 is 2.50 bits per heavy atom. The van der Waals surface area contributed by atoms with Crippen molar-refractivity contribution in [1.29, 1.82) is 0 Å². The lowest BCUT2D eigenvalue weighted by Gasteiger charge is -2.12. The fraction of sp³-hybridized carbons (Fsp3) is 0.333. The van der Waals surface area contributed by atoms with Gasteiger partial charge in [-0.25, -0.2) is 0 Å². The number of aliphatic hydroxyl groups is 1. The number of hydrogen-bond acceptors (Lipinski definition) is 3. The van der Waals surface area contributed by atoms with Crippen molar-refractivity contribution in [3.05, 3.63) is 29.8 Å². The summed E-state index contributed by atoms with van der Waals surface area (Å²) in [6, 6.07) is 7.19. The third-order valence-electron chi connectivity index (χ3n) is 1.63. The summed E-state index contributed by atoms with van der Waals surface area (Å²) in [4.78, 5) is 0. The van der Waals surface area contributed by atoms with E-state index in [1.807, 2.05) is 12.1 Å². The van der Waals surface area contributed by atoms with Crippen molar-refractivity contribution in [2.45, 2.75) is 6.29 Å². The van der Waals surface area contributed by atoms with Crippen LogP contribution in [-0.4, -0.2) is 19.3 Å². The van der Waals surface area contributed by atoms with Crippen LogP contribution >= 0.6 is 0 Å². The number of benzene rings is 1. The van der Waals surface area contributed by atoms with E-state index in [0.717, 1.165) is 0 Å². The molecule has 1 atom stereocenters. The van der Waals surface area contributed by atoms with Crippen molar-refractivity contribution in [2.75, 3.05) is 14.2 Å². The molecule has 1 aromatic carbocycles. The van der Waals surface area contributed by atoms with Crippen LogP contribution in [0.25, 0.3) is 0 Å². The van der Waals surface area contributed by atoms with E-state index in [2.05, 4.69) is 0 Å². The van der Waals surface area contributed by atoms with Gasteiger partial charge in [-0.2, -0.15) is 0 Å². The molecule has 0 aliphatic rings. The third-order valence-corrected chi connectivity index (χ3v) is 1.63. The van der Waals surface area contributed by atoms with Gasteiger partial charge < -0.3 is 14.6 Å². The summed E-state index contributed by atoms with van der Waals surface area (Å²) in [5, 5.41) is 9.34. The Morgan fingerprint density at radius 1 is 1.25 bits per heavy atom. The van der Waals surface area contributed by atoms with Crippen LogP contribution in [0.4, 0.5) is 0 Å². The molecule has 0 aromatic heterocycles. The summed E-state index contributed by atoms with van der Waals surface area (Å²) in [6.45, 7) is 0. The first-order valence-corrected chi connectivity index (χ1v) is 3.63. The van der Waals surface area contributed by atoms with E-state index in [0.29, 0.717) is 11.3 Å². The van der Waals surface area contributed by atoms with Gasteiger partial charge in [0.05, 0.1) is 7.11 Å². The van der Waals surface area contributed by atoms with Crippen molar-refractivity contribution in [1.82, 2.24) is 0 Å². The maximum atomic E-state index is 9.34. The van der Waals surface area contributed by atoms with Gasteiger partial charge in [-0.15, -0.1) is 0 Å². The van der Waals surface area contributed by atoms with Gasteiger partial charge in [0.25, 0.3) is 0 Å². The topological polar surface area (TPSA) is 38.7 Å². The molecule has 0 saturated heterocycles. The molecule has 3 nitrogen and oxygen atoms in total. The minimum atomic E-state index is -0.916. The second kappa shape index (κ2) is 4.09. The van der Waals surface area contributed by atoms with Crippen LogP contribution in [0.3, 0.4) is 0 Å². The largest absolute Gasteiger partial charge is 0.496 e. The average Bonchev–Trinajstić information content (AvgIpc) is 2.16. The third kappa shape index (κ3) is 1.75. The molecule has 0 saturated carbocycles. The number of para-hydroxylation sites is 1. The predicted molar refractivity (Wildman–Crippen MR) is 45.0 cm³/mol. The van der Waals surface area contributed by atoms with Gasteiger partial charge in [-0.1, -0.05) is 18.2 Å². The summed E-state index contributed by atoms with van der Waals surface area (Å²) in [6.07, 6.45) is -0.916. The predicted octanol–water partition coefficient (Wildman–Crippen LogP) is 1.33. The highest BCUT2D eigenvalue weighted by atomic mass is 16.6. The van der Waals surface area contributed by atoms with Crippen molar-refractivity contribution in [3.8, 4) is 5.75 Å². The molecule has 1 unspecified atom stereocenters. The first-order valence-electron chi connectivity index (χ1n) is 3.63. The van der Waals surface area contributed by atoms with Crippen LogP contribution < -0.4 is 4.74 Å². The highest BCUT2D eigenvalue weighted by Crippen LogP contribution is 2.24. The lowest BCUT2D eigenvalue weighted by Crippen LogP contribution is -2.01. The van der Waals surface area contributed by atoms with E-state index in [9.17, 15) is 5.11 Å². The molecular weight excluding hydrogens is 156 g/mol. The molecule has 0 amide bonds. The van der Waals surface area contributed by atoms with Crippen LogP contribution in [0.15, 0.2) is 24.3 Å². The second-order valence-corrected chi connectivity index (χ2v) is 2.33. The fourth-order valence-corrected chi connectivity index (χ4v) is 0.997. The summed E-state index contributed by atoms with van der Waals surface area (Å²) < 4.78 is 9.78. The number of methoxy groups -OCH3 is 2. The molecule has 0 radical (unpaired) electrons. The number of hydrogen-bond donors (Lipinski definition) is 1. The van der Waals surface area contributed by atoms with E-state index < -0.39 is 6.29 Å². The van der Waals surface area contributed by atoms with Crippen molar-refractivity contribution >= 4 is 0 Å². The van der Waals surface area contributed by atoms with E-state index in [1.54, 1.807) is 19.2 Å². The first-order chi connectivity index (χ1) is 5.79. The van der Waals surface area contributed by atoms with Crippen LogP contribution in [0, 0.1) is 0 Å².